The largest absolute Gasteiger partial charge is 0.456 e. The lowest BCUT2D eigenvalue weighted by Gasteiger charge is -2.12. The second-order valence-electron chi connectivity index (χ2n) is 15.7. The Labute approximate surface area is 351 Å². The summed E-state index contributed by atoms with van der Waals surface area (Å²) in [5, 5.41) is 7.12. The van der Waals surface area contributed by atoms with Crippen molar-refractivity contribution in [2.24, 2.45) is 0 Å². The summed E-state index contributed by atoms with van der Waals surface area (Å²) in [6.07, 6.45) is 0.805. The highest BCUT2D eigenvalue weighted by Crippen LogP contribution is 2.38. The number of furan rings is 1. The maximum absolute atomic E-state index is 6.16. The third-order valence-corrected chi connectivity index (χ3v) is 11.8. The Hall–Kier alpha value is -8.15. The van der Waals surface area contributed by atoms with Crippen molar-refractivity contribution < 1.29 is 4.42 Å². The van der Waals surface area contributed by atoms with Gasteiger partial charge in [0.1, 0.15) is 11.2 Å². The summed E-state index contributed by atoms with van der Waals surface area (Å²) in [5.74, 6) is 1.89. The zero-order valence-electron chi connectivity index (χ0n) is 33.0. The molecule has 0 saturated carbocycles. The van der Waals surface area contributed by atoms with Gasteiger partial charge < -0.3 is 8.98 Å². The van der Waals surface area contributed by atoms with E-state index in [0.29, 0.717) is 17.5 Å². The van der Waals surface area contributed by atoms with Crippen LogP contribution >= 0.6 is 0 Å². The Morgan fingerprint density at radius 3 is 1.84 bits per heavy atom. The molecule has 9 aromatic carbocycles. The molecule has 5 nitrogen and oxygen atoms in total. The molecule has 0 radical (unpaired) electrons. The Bertz CT molecular complexity index is 3640. The first-order valence-corrected chi connectivity index (χ1v) is 20.6. The molecule has 0 saturated heterocycles. The van der Waals surface area contributed by atoms with Crippen LogP contribution in [0.3, 0.4) is 0 Å². The summed E-state index contributed by atoms with van der Waals surface area (Å²) >= 11 is 0. The molecule has 0 atom stereocenters. The minimum absolute atomic E-state index is 0.618. The van der Waals surface area contributed by atoms with Gasteiger partial charge in [-0.15, -0.1) is 0 Å². The van der Waals surface area contributed by atoms with Gasteiger partial charge in [-0.1, -0.05) is 158 Å². The smallest absolute Gasteiger partial charge is 0.164 e. The van der Waals surface area contributed by atoms with Gasteiger partial charge >= 0.3 is 0 Å². The first kappa shape index (κ1) is 34.9. The summed E-state index contributed by atoms with van der Waals surface area (Å²) in [6.45, 7) is 0. The van der Waals surface area contributed by atoms with E-state index in [1.807, 2.05) is 30.3 Å². The summed E-state index contributed by atoms with van der Waals surface area (Å²) in [7, 11) is 0. The molecular weight excluding hydrogens is 745 g/mol. The van der Waals surface area contributed by atoms with Gasteiger partial charge in [-0.25, -0.2) is 15.0 Å². The maximum Gasteiger partial charge on any atom is 0.164 e. The molecule has 0 spiro atoms. The maximum atomic E-state index is 6.16. The molecule has 0 amide bonds. The van der Waals surface area contributed by atoms with Gasteiger partial charge in [0.25, 0.3) is 0 Å². The summed E-state index contributed by atoms with van der Waals surface area (Å²) in [4.78, 5) is 15.4. The first-order valence-electron chi connectivity index (χ1n) is 20.6. The lowest BCUT2D eigenvalue weighted by Crippen LogP contribution is -2.01. The van der Waals surface area contributed by atoms with Crippen LogP contribution in [0.2, 0.25) is 0 Å². The van der Waals surface area contributed by atoms with Gasteiger partial charge in [0.15, 0.2) is 17.5 Å². The van der Waals surface area contributed by atoms with E-state index in [0.717, 1.165) is 72.9 Å². The average Bonchev–Trinajstić information content (AvgIpc) is 3.87. The van der Waals surface area contributed by atoms with Gasteiger partial charge in [0.2, 0.25) is 0 Å². The number of para-hydroxylation sites is 2. The van der Waals surface area contributed by atoms with Crippen LogP contribution in [0.4, 0.5) is 0 Å². The van der Waals surface area contributed by atoms with Crippen LogP contribution in [0.25, 0.3) is 105 Å². The molecular formula is C56H36N4O. The van der Waals surface area contributed by atoms with Gasteiger partial charge in [-0.3, -0.25) is 0 Å². The molecule has 12 aromatic rings. The van der Waals surface area contributed by atoms with Crippen molar-refractivity contribution in [1.82, 2.24) is 19.5 Å². The Kier molecular flexibility index (Phi) is 8.17. The van der Waals surface area contributed by atoms with Crippen LogP contribution in [0, 0.1) is 0 Å². The van der Waals surface area contributed by atoms with E-state index in [4.69, 9.17) is 19.4 Å². The zero-order valence-corrected chi connectivity index (χ0v) is 33.0. The Morgan fingerprint density at radius 2 is 0.967 bits per heavy atom. The number of fused-ring (bicyclic) bond motifs is 7. The molecule has 0 bridgehead atoms. The minimum Gasteiger partial charge on any atom is -0.456 e. The van der Waals surface area contributed by atoms with E-state index in [1.54, 1.807) is 0 Å². The molecule has 0 aliphatic rings. The Morgan fingerprint density at radius 1 is 0.344 bits per heavy atom. The highest BCUT2D eigenvalue weighted by molar-refractivity contribution is 6.11. The van der Waals surface area contributed by atoms with E-state index in [1.165, 1.54) is 32.7 Å². The Balaban J connectivity index is 0.970. The van der Waals surface area contributed by atoms with Crippen molar-refractivity contribution >= 4 is 54.5 Å². The highest BCUT2D eigenvalue weighted by Gasteiger charge is 2.17. The fourth-order valence-electron chi connectivity index (χ4n) is 8.87. The molecule has 3 heterocycles. The van der Waals surface area contributed by atoms with Gasteiger partial charge in [0.05, 0.1) is 11.0 Å². The SMILES string of the molecule is c1ccc(-c2nc(-c3cccc(Cc4ccc5ccccc5c4)c3)nc(-c3cccc(-n4c5ccccc5c5ccc(-c6ccc7oc8ccccc8c7c6)cc54)c3)n2)cc1. The molecule has 0 N–H and O–H groups in total. The molecule has 12 rings (SSSR count). The molecule has 5 heteroatoms. The topological polar surface area (TPSA) is 56.7 Å². The normalized spacial score (nSPS) is 11.7. The molecule has 0 aliphatic carbocycles. The van der Waals surface area contributed by atoms with Crippen LogP contribution in [0.15, 0.2) is 211 Å². The van der Waals surface area contributed by atoms with E-state index in [-0.39, 0.29) is 0 Å². The molecule has 0 aliphatic heterocycles. The van der Waals surface area contributed by atoms with Crippen molar-refractivity contribution in [3.8, 4) is 51.0 Å². The van der Waals surface area contributed by atoms with Crippen LogP contribution in [0.5, 0.6) is 0 Å². The van der Waals surface area contributed by atoms with E-state index >= 15 is 0 Å². The number of aromatic nitrogens is 4. The summed E-state index contributed by atoms with van der Waals surface area (Å²) < 4.78 is 8.52. The summed E-state index contributed by atoms with van der Waals surface area (Å²) in [5.41, 5.74) is 12.6. The number of benzene rings is 9. The first-order chi connectivity index (χ1) is 30.2. The van der Waals surface area contributed by atoms with Crippen LogP contribution in [0.1, 0.15) is 11.1 Å². The predicted molar refractivity (Wildman–Crippen MR) is 250 cm³/mol. The zero-order chi connectivity index (χ0) is 40.3. The minimum atomic E-state index is 0.618. The monoisotopic (exact) mass is 780 g/mol. The highest BCUT2D eigenvalue weighted by atomic mass is 16.3. The number of hydrogen-bond donors (Lipinski definition) is 0. The molecule has 61 heavy (non-hydrogen) atoms. The van der Waals surface area contributed by atoms with E-state index in [2.05, 4.69) is 180 Å². The number of rotatable bonds is 7. The predicted octanol–water partition coefficient (Wildman–Crippen LogP) is 14.3. The van der Waals surface area contributed by atoms with Crippen molar-refractivity contribution in [3.63, 3.8) is 0 Å². The van der Waals surface area contributed by atoms with Gasteiger partial charge in [-0.2, -0.15) is 0 Å². The second kappa shape index (κ2) is 14.3. The standard InChI is InChI=1S/C56H36N4O/c1-2-14-39(15-3-1)54-57-55(43-17-10-12-36(32-43)30-37-24-25-38-13-4-5-16-40(38)31-37)59-56(58-54)44-18-11-19-45(33-44)60-50-22-8-6-20-46(50)47-28-26-42(35-51(47)60)41-27-29-53-49(34-41)48-21-7-9-23-52(48)61-53/h1-29,31-35H,30H2. The van der Waals surface area contributed by atoms with Crippen LogP contribution in [-0.4, -0.2) is 19.5 Å². The fraction of sp³-hybridized carbons (Fsp3) is 0.0179. The lowest BCUT2D eigenvalue weighted by atomic mass is 10.00. The molecule has 286 valence electrons. The number of nitrogens with zero attached hydrogens (tertiary/aromatic N) is 4. The number of hydrogen-bond acceptors (Lipinski definition) is 4. The third-order valence-electron chi connectivity index (χ3n) is 11.8. The fourth-order valence-corrected chi connectivity index (χ4v) is 8.87. The van der Waals surface area contributed by atoms with E-state index in [9.17, 15) is 0 Å². The van der Waals surface area contributed by atoms with Crippen molar-refractivity contribution in [1.29, 1.82) is 0 Å². The van der Waals surface area contributed by atoms with Crippen LogP contribution in [-0.2, 0) is 6.42 Å². The molecule has 0 fully saturated rings. The molecule has 3 aromatic heterocycles. The van der Waals surface area contributed by atoms with Crippen LogP contribution < -0.4 is 0 Å². The van der Waals surface area contributed by atoms with Gasteiger partial charge in [-0.05, 0) is 88.0 Å². The van der Waals surface area contributed by atoms with Crippen molar-refractivity contribution in [3.05, 3.63) is 217 Å². The quantitative estimate of drug-likeness (QED) is 0.162. The second-order valence-corrected chi connectivity index (χ2v) is 15.7. The third kappa shape index (κ3) is 6.23. The average molecular weight is 781 g/mol. The van der Waals surface area contributed by atoms with Crippen molar-refractivity contribution in [2.45, 2.75) is 6.42 Å². The summed E-state index contributed by atoms with van der Waals surface area (Å²) in [6, 6.07) is 72.7. The lowest BCUT2D eigenvalue weighted by molar-refractivity contribution is 0.669. The molecule has 0 unspecified atom stereocenters. The van der Waals surface area contributed by atoms with E-state index < -0.39 is 0 Å². The van der Waals surface area contributed by atoms with Gasteiger partial charge in [0, 0.05) is 43.9 Å². The van der Waals surface area contributed by atoms with Crippen molar-refractivity contribution in [2.75, 3.05) is 0 Å².